The van der Waals surface area contributed by atoms with Gasteiger partial charge < -0.3 is 9.47 Å². The second kappa shape index (κ2) is 7.01. The van der Waals surface area contributed by atoms with Crippen molar-refractivity contribution in [3.05, 3.63) is 77.9 Å². The van der Waals surface area contributed by atoms with Crippen LogP contribution in [-0.4, -0.2) is 20.0 Å². The zero-order chi connectivity index (χ0) is 16.9. The summed E-state index contributed by atoms with van der Waals surface area (Å²) in [7, 11) is 3.17. The van der Waals surface area contributed by atoms with Gasteiger partial charge in [0.25, 0.3) is 0 Å². The third-order valence-electron chi connectivity index (χ3n) is 3.88. The summed E-state index contributed by atoms with van der Waals surface area (Å²) >= 11 is 0. The van der Waals surface area contributed by atoms with Crippen molar-refractivity contribution >= 4 is 22.6 Å². The number of fused-ring (bicyclic) bond motifs is 1. The first-order valence-corrected chi connectivity index (χ1v) is 7.65. The van der Waals surface area contributed by atoms with E-state index in [4.69, 9.17) is 9.47 Å². The number of hydrogen-bond donors (Lipinski definition) is 0. The summed E-state index contributed by atoms with van der Waals surface area (Å²) in [5.74, 6) is 1.20. The standard InChI is InChI=1S/C21H18O3/c1-23-20-9-5-8-16(21(20)24-2)12-13-19(22)18-11-10-15-6-3-4-7-17(15)14-18/h3-14H,1-2H3/b13-12+. The maximum atomic E-state index is 12.5. The first kappa shape index (κ1) is 15.8. The Balaban J connectivity index is 1.89. The number of benzene rings is 3. The first-order valence-electron chi connectivity index (χ1n) is 7.65. The molecule has 0 unspecified atom stereocenters. The largest absolute Gasteiger partial charge is 0.493 e. The molecule has 0 N–H and O–H groups in total. The fraction of sp³-hybridized carbons (Fsp3) is 0.0952. The van der Waals surface area contributed by atoms with E-state index in [1.807, 2.05) is 60.7 Å². The van der Waals surface area contributed by atoms with Crippen molar-refractivity contribution in [2.45, 2.75) is 0 Å². The lowest BCUT2D eigenvalue weighted by Gasteiger charge is -2.09. The number of rotatable bonds is 5. The molecule has 0 atom stereocenters. The molecule has 0 aliphatic heterocycles. The number of carbonyl (C=O) groups is 1. The van der Waals surface area contributed by atoms with E-state index >= 15 is 0 Å². The molecule has 0 aliphatic carbocycles. The lowest BCUT2D eigenvalue weighted by molar-refractivity contribution is 0.104. The fourth-order valence-corrected chi connectivity index (χ4v) is 2.65. The summed E-state index contributed by atoms with van der Waals surface area (Å²) in [6.45, 7) is 0. The van der Waals surface area contributed by atoms with Crippen LogP contribution >= 0.6 is 0 Å². The summed E-state index contributed by atoms with van der Waals surface area (Å²) in [5, 5.41) is 2.17. The topological polar surface area (TPSA) is 35.5 Å². The molecule has 3 rings (SSSR count). The van der Waals surface area contributed by atoms with Gasteiger partial charge in [-0.3, -0.25) is 4.79 Å². The van der Waals surface area contributed by atoms with Crippen LogP contribution in [0.1, 0.15) is 15.9 Å². The quantitative estimate of drug-likeness (QED) is 0.503. The van der Waals surface area contributed by atoms with Gasteiger partial charge in [-0.05, 0) is 35.1 Å². The SMILES string of the molecule is COc1cccc(/C=C/C(=O)c2ccc3ccccc3c2)c1OC. The average molecular weight is 318 g/mol. The number of carbonyl (C=O) groups excluding carboxylic acids is 1. The van der Waals surface area contributed by atoms with Gasteiger partial charge in [-0.15, -0.1) is 0 Å². The zero-order valence-electron chi connectivity index (χ0n) is 13.7. The highest BCUT2D eigenvalue weighted by Gasteiger charge is 2.08. The molecule has 0 radical (unpaired) electrons. The van der Waals surface area contributed by atoms with E-state index in [0.29, 0.717) is 17.1 Å². The summed E-state index contributed by atoms with van der Waals surface area (Å²) in [5.41, 5.74) is 1.46. The Morgan fingerprint density at radius 1 is 0.875 bits per heavy atom. The molecule has 24 heavy (non-hydrogen) atoms. The molecule has 0 heterocycles. The van der Waals surface area contributed by atoms with Gasteiger partial charge >= 0.3 is 0 Å². The van der Waals surface area contributed by atoms with Crippen LogP contribution in [0.25, 0.3) is 16.8 Å². The maximum absolute atomic E-state index is 12.5. The molecule has 3 nitrogen and oxygen atoms in total. The predicted molar refractivity (Wildman–Crippen MR) is 96.9 cm³/mol. The van der Waals surface area contributed by atoms with Gasteiger partial charge in [0.2, 0.25) is 0 Å². The van der Waals surface area contributed by atoms with Gasteiger partial charge in [0, 0.05) is 11.1 Å². The zero-order valence-corrected chi connectivity index (χ0v) is 13.7. The third kappa shape index (κ3) is 3.15. The van der Waals surface area contributed by atoms with E-state index in [-0.39, 0.29) is 5.78 Å². The normalized spacial score (nSPS) is 10.9. The van der Waals surface area contributed by atoms with Gasteiger partial charge in [0.1, 0.15) is 0 Å². The number of ether oxygens (including phenoxy) is 2. The molecule has 0 spiro atoms. The molecule has 0 aliphatic rings. The monoisotopic (exact) mass is 318 g/mol. The number of hydrogen-bond acceptors (Lipinski definition) is 3. The van der Waals surface area contributed by atoms with E-state index in [2.05, 4.69) is 0 Å². The highest BCUT2D eigenvalue weighted by Crippen LogP contribution is 2.31. The maximum Gasteiger partial charge on any atom is 0.185 e. The van der Waals surface area contributed by atoms with Crippen molar-refractivity contribution in [1.29, 1.82) is 0 Å². The minimum atomic E-state index is -0.0503. The summed E-state index contributed by atoms with van der Waals surface area (Å²) < 4.78 is 10.6. The second-order valence-corrected chi connectivity index (χ2v) is 5.34. The van der Waals surface area contributed by atoms with E-state index in [1.165, 1.54) is 0 Å². The summed E-state index contributed by atoms with van der Waals surface area (Å²) in [4.78, 5) is 12.5. The smallest absolute Gasteiger partial charge is 0.185 e. The molecule has 0 saturated carbocycles. The van der Waals surface area contributed by atoms with Gasteiger partial charge in [0.05, 0.1) is 14.2 Å². The number of ketones is 1. The molecule has 3 heteroatoms. The highest BCUT2D eigenvalue weighted by atomic mass is 16.5. The van der Waals surface area contributed by atoms with Crippen LogP contribution < -0.4 is 9.47 Å². The molecule has 3 aromatic carbocycles. The molecule has 0 bridgehead atoms. The van der Waals surface area contributed by atoms with Gasteiger partial charge in [0.15, 0.2) is 17.3 Å². The van der Waals surface area contributed by atoms with Crippen LogP contribution in [0, 0.1) is 0 Å². The van der Waals surface area contributed by atoms with Crippen molar-refractivity contribution in [1.82, 2.24) is 0 Å². The van der Waals surface area contributed by atoms with Crippen molar-refractivity contribution in [2.75, 3.05) is 14.2 Å². The molecule has 0 saturated heterocycles. The minimum absolute atomic E-state index is 0.0503. The molecular weight excluding hydrogens is 300 g/mol. The van der Waals surface area contributed by atoms with Crippen molar-refractivity contribution < 1.29 is 14.3 Å². The van der Waals surface area contributed by atoms with Crippen LogP contribution in [0.2, 0.25) is 0 Å². The minimum Gasteiger partial charge on any atom is -0.493 e. The Bertz CT molecular complexity index is 910. The molecule has 0 amide bonds. The second-order valence-electron chi connectivity index (χ2n) is 5.34. The van der Waals surface area contributed by atoms with Crippen LogP contribution in [0.4, 0.5) is 0 Å². The lowest BCUT2D eigenvalue weighted by atomic mass is 10.0. The van der Waals surface area contributed by atoms with Crippen LogP contribution in [0.5, 0.6) is 11.5 Å². The van der Waals surface area contributed by atoms with Gasteiger partial charge in [-0.25, -0.2) is 0 Å². The Morgan fingerprint density at radius 2 is 1.67 bits per heavy atom. The van der Waals surface area contributed by atoms with E-state index in [9.17, 15) is 4.79 Å². The van der Waals surface area contributed by atoms with Crippen LogP contribution in [0.3, 0.4) is 0 Å². The first-order chi connectivity index (χ1) is 11.7. The number of allylic oxidation sites excluding steroid dienone is 1. The number of para-hydroxylation sites is 1. The van der Waals surface area contributed by atoms with Gasteiger partial charge in [-0.1, -0.05) is 48.5 Å². The lowest BCUT2D eigenvalue weighted by Crippen LogP contribution is -1.95. The molecule has 120 valence electrons. The molecule has 3 aromatic rings. The predicted octanol–water partition coefficient (Wildman–Crippen LogP) is 4.75. The summed E-state index contributed by atoms with van der Waals surface area (Å²) in [6.07, 6.45) is 3.31. The Hall–Kier alpha value is -3.07. The average Bonchev–Trinajstić information content (AvgIpc) is 2.65. The van der Waals surface area contributed by atoms with E-state index in [1.54, 1.807) is 26.4 Å². The number of methoxy groups -OCH3 is 2. The van der Waals surface area contributed by atoms with E-state index < -0.39 is 0 Å². The Morgan fingerprint density at radius 3 is 2.42 bits per heavy atom. The van der Waals surface area contributed by atoms with Gasteiger partial charge in [-0.2, -0.15) is 0 Å². The molecule has 0 aromatic heterocycles. The highest BCUT2D eigenvalue weighted by molar-refractivity contribution is 6.08. The molecule has 0 fully saturated rings. The Labute approximate surface area is 141 Å². The van der Waals surface area contributed by atoms with Crippen LogP contribution in [0.15, 0.2) is 66.7 Å². The van der Waals surface area contributed by atoms with Crippen molar-refractivity contribution in [3.8, 4) is 11.5 Å². The van der Waals surface area contributed by atoms with Crippen LogP contribution in [-0.2, 0) is 0 Å². The summed E-state index contributed by atoms with van der Waals surface area (Å²) in [6, 6.07) is 19.3. The van der Waals surface area contributed by atoms with E-state index in [0.717, 1.165) is 16.3 Å². The molecular formula is C21H18O3. The third-order valence-corrected chi connectivity index (χ3v) is 3.88. The van der Waals surface area contributed by atoms with Crippen molar-refractivity contribution in [2.24, 2.45) is 0 Å². The Kier molecular flexibility index (Phi) is 4.62. The van der Waals surface area contributed by atoms with Crippen molar-refractivity contribution in [3.63, 3.8) is 0 Å². The fourth-order valence-electron chi connectivity index (χ4n) is 2.65.